The summed E-state index contributed by atoms with van der Waals surface area (Å²) >= 11 is 0. The summed E-state index contributed by atoms with van der Waals surface area (Å²) in [7, 11) is 1.88. The Morgan fingerprint density at radius 2 is 2.00 bits per heavy atom. The molecule has 112 valence electrons. The maximum absolute atomic E-state index is 12.1. The van der Waals surface area contributed by atoms with E-state index in [1.165, 1.54) is 0 Å². The molecule has 0 heterocycles. The number of carbonyl (C=O) groups is 1. The van der Waals surface area contributed by atoms with Crippen LogP contribution >= 0.6 is 0 Å². The van der Waals surface area contributed by atoms with Gasteiger partial charge in [-0.05, 0) is 33.2 Å². The van der Waals surface area contributed by atoms with Crippen molar-refractivity contribution in [2.75, 3.05) is 20.2 Å². The highest BCUT2D eigenvalue weighted by molar-refractivity contribution is 5.79. The smallest absolute Gasteiger partial charge is 0.224 e. The summed E-state index contributed by atoms with van der Waals surface area (Å²) in [6.45, 7) is 9.87. The van der Waals surface area contributed by atoms with Gasteiger partial charge in [-0.15, -0.1) is 0 Å². The molecule has 4 heteroatoms. The first-order valence-electron chi connectivity index (χ1n) is 7.62. The van der Waals surface area contributed by atoms with E-state index in [0.717, 1.165) is 32.4 Å². The molecule has 3 unspecified atom stereocenters. The minimum atomic E-state index is 0.0163. The molecule has 4 nitrogen and oxygen atoms in total. The van der Waals surface area contributed by atoms with Crippen molar-refractivity contribution in [1.29, 1.82) is 0 Å². The second-order valence-electron chi connectivity index (χ2n) is 5.64. The number of nitrogens with one attached hydrogen (secondary N) is 2. The van der Waals surface area contributed by atoms with Gasteiger partial charge >= 0.3 is 0 Å². The van der Waals surface area contributed by atoms with E-state index in [-0.39, 0.29) is 23.3 Å². The Morgan fingerprint density at radius 1 is 1.37 bits per heavy atom. The van der Waals surface area contributed by atoms with Crippen LogP contribution in [0.2, 0.25) is 0 Å². The maximum atomic E-state index is 12.1. The van der Waals surface area contributed by atoms with Gasteiger partial charge in [0.05, 0.1) is 6.10 Å². The zero-order valence-electron chi connectivity index (χ0n) is 13.1. The Bertz CT molecular complexity index is 290. The standard InChI is InChI=1S/C15H30N2O2/c1-6-15(7-2)12(9-13(15)19-8-3)17-14(18)11(4)10-16-5/h11-13,16H,6-10H2,1-5H3,(H,17,18). The Kier molecular flexibility index (Phi) is 6.27. The molecule has 0 aromatic heterocycles. The molecular weight excluding hydrogens is 240 g/mol. The van der Waals surface area contributed by atoms with Crippen molar-refractivity contribution < 1.29 is 9.53 Å². The van der Waals surface area contributed by atoms with E-state index >= 15 is 0 Å². The summed E-state index contributed by atoms with van der Waals surface area (Å²) in [6, 6.07) is 0.269. The predicted molar refractivity (Wildman–Crippen MR) is 78.1 cm³/mol. The van der Waals surface area contributed by atoms with Crippen LogP contribution in [-0.4, -0.2) is 38.3 Å². The van der Waals surface area contributed by atoms with Gasteiger partial charge in [0.15, 0.2) is 0 Å². The number of hydrogen-bond donors (Lipinski definition) is 2. The SMILES string of the molecule is CCOC1CC(NC(=O)C(C)CNC)C1(CC)CC. The molecule has 3 atom stereocenters. The molecule has 0 saturated heterocycles. The third kappa shape index (κ3) is 3.29. The highest BCUT2D eigenvalue weighted by Gasteiger charge is 2.53. The lowest BCUT2D eigenvalue weighted by Gasteiger charge is -2.55. The maximum Gasteiger partial charge on any atom is 0.224 e. The van der Waals surface area contributed by atoms with Crippen molar-refractivity contribution >= 4 is 5.91 Å². The van der Waals surface area contributed by atoms with Gasteiger partial charge in [-0.1, -0.05) is 20.8 Å². The fourth-order valence-electron chi connectivity index (χ4n) is 3.30. The minimum Gasteiger partial charge on any atom is -0.378 e. The van der Waals surface area contributed by atoms with Gasteiger partial charge in [-0.2, -0.15) is 0 Å². The lowest BCUT2D eigenvalue weighted by Crippen LogP contribution is -2.65. The number of hydrogen-bond acceptors (Lipinski definition) is 3. The lowest BCUT2D eigenvalue weighted by atomic mass is 9.58. The van der Waals surface area contributed by atoms with Crippen LogP contribution in [-0.2, 0) is 9.53 Å². The molecule has 1 amide bonds. The van der Waals surface area contributed by atoms with Gasteiger partial charge < -0.3 is 15.4 Å². The molecular formula is C15H30N2O2. The van der Waals surface area contributed by atoms with Gasteiger partial charge in [0.2, 0.25) is 5.91 Å². The Hall–Kier alpha value is -0.610. The largest absolute Gasteiger partial charge is 0.378 e. The van der Waals surface area contributed by atoms with Crippen LogP contribution in [0.3, 0.4) is 0 Å². The average molecular weight is 270 g/mol. The first-order chi connectivity index (χ1) is 9.05. The van der Waals surface area contributed by atoms with Crippen LogP contribution in [0.4, 0.5) is 0 Å². The predicted octanol–water partition coefficient (Wildman–Crippen LogP) is 1.94. The van der Waals surface area contributed by atoms with E-state index in [0.29, 0.717) is 6.10 Å². The van der Waals surface area contributed by atoms with Crippen LogP contribution in [0.5, 0.6) is 0 Å². The van der Waals surface area contributed by atoms with Crippen molar-refractivity contribution in [2.24, 2.45) is 11.3 Å². The normalized spacial score (nSPS) is 26.6. The van der Waals surface area contributed by atoms with Gasteiger partial charge in [-0.25, -0.2) is 0 Å². The van der Waals surface area contributed by atoms with Crippen molar-refractivity contribution in [1.82, 2.24) is 10.6 Å². The second-order valence-corrected chi connectivity index (χ2v) is 5.64. The van der Waals surface area contributed by atoms with Crippen LogP contribution in [0, 0.1) is 11.3 Å². The molecule has 0 aromatic carbocycles. The number of carbonyl (C=O) groups excluding carboxylic acids is 1. The molecule has 0 aromatic rings. The summed E-state index contributed by atoms with van der Waals surface area (Å²) in [5, 5.41) is 6.27. The van der Waals surface area contributed by atoms with E-state index in [2.05, 4.69) is 24.5 Å². The second kappa shape index (κ2) is 7.25. The molecule has 0 bridgehead atoms. The van der Waals surface area contributed by atoms with E-state index in [1.807, 2.05) is 20.9 Å². The Morgan fingerprint density at radius 3 is 2.47 bits per heavy atom. The summed E-state index contributed by atoms with van der Waals surface area (Å²) in [5.74, 6) is 0.170. The summed E-state index contributed by atoms with van der Waals surface area (Å²) in [5.41, 5.74) is 0.130. The van der Waals surface area contributed by atoms with Crippen LogP contribution in [0.15, 0.2) is 0 Å². The summed E-state index contributed by atoms with van der Waals surface area (Å²) in [6.07, 6.45) is 3.37. The van der Waals surface area contributed by atoms with E-state index in [9.17, 15) is 4.79 Å². The molecule has 2 N–H and O–H groups in total. The summed E-state index contributed by atoms with van der Waals surface area (Å²) < 4.78 is 5.83. The molecule has 0 spiro atoms. The van der Waals surface area contributed by atoms with Gasteiger partial charge in [0, 0.05) is 30.5 Å². The molecule has 1 aliphatic carbocycles. The third-order valence-electron chi connectivity index (χ3n) is 4.74. The van der Waals surface area contributed by atoms with Gasteiger partial charge in [-0.3, -0.25) is 4.79 Å². The van der Waals surface area contributed by atoms with Gasteiger partial charge in [0.1, 0.15) is 0 Å². The zero-order chi connectivity index (χ0) is 14.5. The topological polar surface area (TPSA) is 50.4 Å². The van der Waals surface area contributed by atoms with Crippen molar-refractivity contribution in [3.8, 4) is 0 Å². The first kappa shape index (κ1) is 16.4. The fraction of sp³-hybridized carbons (Fsp3) is 0.933. The van der Waals surface area contributed by atoms with Crippen molar-refractivity contribution in [3.05, 3.63) is 0 Å². The van der Waals surface area contributed by atoms with Gasteiger partial charge in [0.25, 0.3) is 0 Å². The number of amides is 1. The molecule has 1 aliphatic rings. The minimum absolute atomic E-state index is 0.0163. The van der Waals surface area contributed by atoms with Crippen LogP contribution in [0.25, 0.3) is 0 Å². The molecule has 1 saturated carbocycles. The number of ether oxygens (including phenoxy) is 1. The summed E-state index contributed by atoms with van der Waals surface area (Å²) in [4.78, 5) is 12.1. The van der Waals surface area contributed by atoms with Crippen molar-refractivity contribution in [3.63, 3.8) is 0 Å². The van der Waals surface area contributed by atoms with Crippen LogP contribution < -0.4 is 10.6 Å². The van der Waals surface area contributed by atoms with Crippen molar-refractivity contribution in [2.45, 2.75) is 59.1 Å². The van der Waals surface area contributed by atoms with E-state index in [4.69, 9.17) is 4.74 Å². The highest BCUT2D eigenvalue weighted by atomic mass is 16.5. The van der Waals surface area contributed by atoms with E-state index < -0.39 is 0 Å². The molecule has 0 aliphatic heterocycles. The Balaban J connectivity index is 2.61. The third-order valence-corrected chi connectivity index (χ3v) is 4.74. The monoisotopic (exact) mass is 270 g/mol. The Labute approximate surface area is 117 Å². The molecule has 19 heavy (non-hydrogen) atoms. The first-order valence-corrected chi connectivity index (χ1v) is 7.62. The quantitative estimate of drug-likeness (QED) is 0.709. The molecule has 1 fully saturated rings. The van der Waals surface area contributed by atoms with E-state index in [1.54, 1.807) is 0 Å². The highest BCUT2D eigenvalue weighted by Crippen LogP contribution is 2.48. The zero-order valence-corrected chi connectivity index (χ0v) is 13.1. The number of rotatable bonds is 8. The lowest BCUT2D eigenvalue weighted by molar-refractivity contribution is -0.150. The molecule has 0 radical (unpaired) electrons. The average Bonchev–Trinajstić information content (AvgIpc) is 2.39. The fourth-order valence-corrected chi connectivity index (χ4v) is 3.30. The van der Waals surface area contributed by atoms with Crippen LogP contribution in [0.1, 0.15) is 47.0 Å². The molecule has 1 rings (SSSR count).